The van der Waals surface area contributed by atoms with E-state index in [-0.39, 0.29) is 11.5 Å². The molecule has 0 unspecified atom stereocenters. The van der Waals surface area contributed by atoms with E-state index in [2.05, 4.69) is 0 Å². The van der Waals surface area contributed by atoms with E-state index in [1.54, 1.807) is 18.2 Å². The molecule has 2 aromatic rings. The molecule has 0 spiro atoms. The molecule has 2 rings (SSSR count). The van der Waals surface area contributed by atoms with E-state index in [9.17, 15) is 17.4 Å². The molecule has 0 aliphatic carbocycles. The van der Waals surface area contributed by atoms with Gasteiger partial charge in [0.25, 0.3) is 0 Å². The van der Waals surface area contributed by atoms with Crippen LogP contribution in [0.4, 0.5) is 13.2 Å². The minimum atomic E-state index is -4.41. The minimum Gasteiger partial charge on any atom is -0.259 e. The molecular formula is C15H11Cl2F3OS. The van der Waals surface area contributed by atoms with Gasteiger partial charge in [-0.1, -0.05) is 47.5 Å². The summed E-state index contributed by atoms with van der Waals surface area (Å²) < 4.78 is 50.1. The van der Waals surface area contributed by atoms with E-state index in [1.807, 2.05) is 0 Å². The SMILES string of the molecule is O=[S@@](Cc1cccc(C(F)(F)F)c1)Cc1c(Cl)cccc1Cl. The van der Waals surface area contributed by atoms with E-state index in [1.165, 1.54) is 12.1 Å². The van der Waals surface area contributed by atoms with Gasteiger partial charge < -0.3 is 0 Å². The summed E-state index contributed by atoms with van der Waals surface area (Å²) in [7, 11) is -1.41. The summed E-state index contributed by atoms with van der Waals surface area (Å²) in [4.78, 5) is 0. The molecule has 0 saturated heterocycles. The van der Waals surface area contributed by atoms with Crippen molar-refractivity contribution in [2.45, 2.75) is 17.7 Å². The van der Waals surface area contributed by atoms with Crippen LogP contribution < -0.4 is 0 Å². The molecular weight excluding hydrogens is 356 g/mol. The van der Waals surface area contributed by atoms with Gasteiger partial charge in [0.05, 0.1) is 11.3 Å². The van der Waals surface area contributed by atoms with Crippen LogP contribution in [0.1, 0.15) is 16.7 Å². The first-order chi connectivity index (χ1) is 10.3. The third-order valence-electron chi connectivity index (χ3n) is 2.95. The molecule has 2 aromatic carbocycles. The largest absolute Gasteiger partial charge is 0.416 e. The number of hydrogen-bond donors (Lipinski definition) is 0. The molecule has 0 aliphatic rings. The van der Waals surface area contributed by atoms with Crippen molar-refractivity contribution >= 4 is 34.0 Å². The summed E-state index contributed by atoms with van der Waals surface area (Å²) >= 11 is 12.0. The standard InChI is InChI=1S/C15H11Cl2F3OS/c16-13-5-2-6-14(17)12(13)9-22(21)8-10-3-1-4-11(7-10)15(18,19)20/h1-7H,8-9H2/t22-/m0/s1. The maximum absolute atomic E-state index is 12.6. The lowest BCUT2D eigenvalue weighted by Gasteiger charge is -2.10. The molecule has 0 heterocycles. The first-order valence-electron chi connectivity index (χ1n) is 6.21. The molecule has 0 aliphatic heterocycles. The van der Waals surface area contributed by atoms with Crippen molar-refractivity contribution in [3.63, 3.8) is 0 Å². The number of benzene rings is 2. The highest BCUT2D eigenvalue weighted by molar-refractivity contribution is 7.83. The van der Waals surface area contributed by atoms with Crippen molar-refractivity contribution < 1.29 is 17.4 Å². The molecule has 1 atom stereocenters. The quantitative estimate of drug-likeness (QED) is 0.701. The summed E-state index contributed by atoms with van der Waals surface area (Å²) in [5.74, 6) is 0.0974. The van der Waals surface area contributed by atoms with Crippen LogP contribution in [0.3, 0.4) is 0 Å². The highest BCUT2D eigenvalue weighted by Crippen LogP contribution is 2.30. The zero-order valence-electron chi connectivity index (χ0n) is 11.2. The van der Waals surface area contributed by atoms with Crippen LogP contribution in [0.15, 0.2) is 42.5 Å². The first kappa shape index (κ1) is 17.3. The lowest BCUT2D eigenvalue weighted by atomic mass is 10.1. The minimum absolute atomic E-state index is 0.00543. The zero-order chi connectivity index (χ0) is 16.3. The van der Waals surface area contributed by atoms with Crippen molar-refractivity contribution in [3.05, 3.63) is 69.2 Å². The van der Waals surface area contributed by atoms with Crippen molar-refractivity contribution in [3.8, 4) is 0 Å². The highest BCUT2D eigenvalue weighted by atomic mass is 35.5. The van der Waals surface area contributed by atoms with Gasteiger partial charge in [-0.05, 0) is 23.8 Å². The molecule has 7 heteroatoms. The molecule has 0 aromatic heterocycles. The van der Waals surface area contributed by atoms with Crippen LogP contribution in [0.2, 0.25) is 10.0 Å². The summed E-state index contributed by atoms with van der Waals surface area (Å²) in [5, 5.41) is 0.787. The Kier molecular flexibility index (Phi) is 5.53. The summed E-state index contributed by atoms with van der Waals surface area (Å²) in [6.07, 6.45) is -4.41. The van der Waals surface area contributed by atoms with Gasteiger partial charge in [0.15, 0.2) is 0 Å². The van der Waals surface area contributed by atoms with Gasteiger partial charge in [-0.15, -0.1) is 0 Å². The van der Waals surface area contributed by atoms with Crippen LogP contribution in [0.5, 0.6) is 0 Å². The predicted molar refractivity (Wildman–Crippen MR) is 83.5 cm³/mol. The smallest absolute Gasteiger partial charge is 0.259 e. The Hall–Kier alpha value is -1.04. The van der Waals surface area contributed by atoms with E-state index in [4.69, 9.17) is 23.2 Å². The van der Waals surface area contributed by atoms with Gasteiger partial charge in [0.1, 0.15) is 0 Å². The van der Waals surface area contributed by atoms with Crippen molar-refractivity contribution in [2.75, 3.05) is 0 Å². The Balaban J connectivity index is 2.13. The van der Waals surface area contributed by atoms with Crippen LogP contribution in [0, 0.1) is 0 Å². The second-order valence-corrected chi connectivity index (χ2v) is 6.90. The third kappa shape index (κ3) is 4.48. The lowest BCUT2D eigenvalue weighted by molar-refractivity contribution is -0.137. The monoisotopic (exact) mass is 366 g/mol. The van der Waals surface area contributed by atoms with Crippen molar-refractivity contribution in [1.29, 1.82) is 0 Å². The Bertz CT molecular complexity index is 681. The third-order valence-corrected chi connectivity index (χ3v) is 4.92. The zero-order valence-corrected chi connectivity index (χ0v) is 13.5. The maximum atomic E-state index is 12.6. The van der Waals surface area contributed by atoms with Crippen LogP contribution in [0.25, 0.3) is 0 Å². The fraction of sp³-hybridized carbons (Fsp3) is 0.200. The predicted octanol–water partition coefficient (Wildman–Crippen LogP) is 5.46. The second-order valence-electron chi connectivity index (χ2n) is 4.63. The van der Waals surface area contributed by atoms with Crippen LogP contribution in [-0.2, 0) is 28.5 Å². The summed E-state index contributed by atoms with van der Waals surface area (Å²) in [6, 6.07) is 9.74. The number of alkyl halides is 3. The first-order valence-corrected chi connectivity index (χ1v) is 8.46. The van der Waals surface area contributed by atoms with Gasteiger partial charge in [0.2, 0.25) is 0 Å². The lowest BCUT2D eigenvalue weighted by Crippen LogP contribution is -2.06. The molecule has 0 radical (unpaired) electrons. The van der Waals surface area contributed by atoms with Gasteiger partial charge in [-0.25, -0.2) is 0 Å². The van der Waals surface area contributed by atoms with Crippen LogP contribution in [-0.4, -0.2) is 4.21 Å². The number of rotatable bonds is 4. The van der Waals surface area contributed by atoms with Gasteiger partial charge >= 0.3 is 6.18 Å². The Morgan fingerprint density at radius 3 is 2.14 bits per heavy atom. The van der Waals surface area contributed by atoms with Crippen LogP contribution >= 0.6 is 23.2 Å². The van der Waals surface area contributed by atoms with E-state index in [0.29, 0.717) is 21.2 Å². The summed E-state index contributed by atoms with van der Waals surface area (Å²) in [5.41, 5.74) is 0.144. The van der Waals surface area contributed by atoms with E-state index < -0.39 is 22.5 Å². The topological polar surface area (TPSA) is 17.1 Å². The molecule has 118 valence electrons. The highest BCUT2D eigenvalue weighted by Gasteiger charge is 2.30. The molecule has 0 N–H and O–H groups in total. The number of halogens is 5. The Morgan fingerprint density at radius 1 is 0.955 bits per heavy atom. The molecule has 22 heavy (non-hydrogen) atoms. The average molecular weight is 367 g/mol. The summed E-state index contributed by atoms with van der Waals surface area (Å²) in [6.45, 7) is 0. The Morgan fingerprint density at radius 2 is 1.55 bits per heavy atom. The fourth-order valence-corrected chi connectivity index (χ4v) is 3.88. The molecule has 0 saturated carbocycles. The second kappa shape index (κ2) is 7.02. The normalized spacial score (nSPS) is 13.1. The fourth-order valence-electron chi connectivity index (χ4n) is 1.91. The van der Waals surface area contributed by atoms with Gasteiger partial charge in [0, 0.05) is 32.2 Å². The van der Waals surface area contributed by atoms with Gasteiger partial charge in [-0.2, -0.15) is 13.2 Å². The molecule has 1 nitrogen and oxygen atoms in total. The maximum Gasteiger partial charge on any atom is 0.416 e. The van der Waals surface area contributed by atoms with E-state index in [0.717, 1.165) is 12.1 Å². The average Bonchev–Trinajstić information content (AvgIpc) is 2.42. The van der Waals surface area contributed by atoms with Crippen molar-refractivity contribution in [1.82, 2.24) is 0 Å². The molecule has 0 fully saturated rings. The van der Waals surface area contributed by atoms with Crippen molar-refractivity contribution in [2.24, 2.45) is 0 Å². The van der Waals surface area contributed by atoms with Gasteiger partial charge in [-0.3, -0.25) is 4.21 Å². The Labute approximate surface area is 138 Å². The van der Waals surface area contributed by atoms with E-state index >= 15 is 0 Å². The number of hydrogen-bond acceptors (Lipinski definition) is 1. The molecule has 0 bridgehead atoms. The molecule has 0 amide bonds.